The Morgan fingerprint density at radius 1 is 0.963 bits per heavy atom. The first-order chi connectivity index (χ1) is 13.3. The first kappa shape index (κ1) is 17.9. The molecule has 0 saturated heterocycles. The van der Waals surface area contributed by atoms with E-state index in [1.54, 1.807) is 29.8 Å². The summed E-state index contributed by atoms with van der Waals surface area (Å²) in [4.78, 5) is 6.11. The number of nitrogens with zero attached hydrogens (tertiary/aromatic N) is 1. The molecule has 4 aromatic rings. The Kier molecular flexibility index (Phi) is 5.63. The van der Waals surface area contributed by atoms with Gasteiger partial charge in [-0.2, -0.15) is 0 Å². The molecule has 0 amide bonds. The minimum absolute atomic E-state index is 0.178. The molecule has 3 nitrogen and oxygen atoms in total. The average molecular weight is 393 g/mol. The molecule has 1 N–H and O–H groups in total. The molecule has 0 fully saturated rings. The van der Waals surface area contributed by atoms with E-state index in [2.05, 4.69) is 58.5 Å². The van der Waals surface area contributed by atoms with Gasteiger partial charge in [0.05, 0.1) is 18.8 Å². The van der Waals surface area contributed by atoms with E-state index in [-0.39, 0.29) is 6.04 Å². The number of methoxy groups -OCH3 is 1. The molecule has 0 saturated carbocycles. The number of hydrogen-bond donors (Lipinski definition) is 1. The highest BCUT2D eigenvalue weighted by Gasteiger charge is 2.15. The predicted molar refractivity (Wildman–Crippen MR) is 114 cm³/mol. The number of rotatable bonds is 7. The van der Waals surface area contributed by atoms with Gasteiger partial charge >= 0.3 is 0 Å². The van der Waals surface area contributed by atoms with Gasteiger partial charge in [-0.15, -0.1) is 22.7 Å². The number of aromatic nitrogens is 1. The number of hydrogen-bond acceptors (Lipinski definition) is 5. The van der Waals surface area contributed by atoms with Crippen LogP contribution in [-0.4, -0.2) is 12.1 Å². The zero-order chi connectivity index (χ0) is 18.5. The summed E-state index contributed by atoms with van der Waals surface area (Å²) in [6.45, 7) is 0.726. The summed E-state index contributed by atoms with van der Waals surface area (Å²) in [5, 5.41) is 8.95. The summed E-state index contributed by atoms with van der Waals surface area (Å²) < 4.78 is 5.23. The van der Waals surface area contributed by atoms with Crippen molar-refractivity contribution in [1.82, 2.24) is 10.3 Å². The molecule has 0 spiro atoms. The lowest BCUT2D eigenvalue weighted by Crippen LogP contribution is -2.21. The Morgan fingerprint density at radius 3 is 2.48 bits per heavy atom. The zero-order valence-corrected chi connectivity index (χ0v) is 16.6. The first-order valence-corrected chi connectivity index (χ1v) is 10.5. The normalized spacial score (nSPS) is 12.0. The van der Waals surface area contributed by atoms with Crippen LogP contribution in [0.1, 0.15) is 22.2 Å². The lowest BCUT2D eigenvalue weighted by molar-refractivity contribution is 0.415. The van der Waals surface area contributed by atoms with Crippen molar-refractivity contribution in [2.75, 3.05) is 7.11 Å². The van der Waals surface area contributed by atoms with Gasteiger partial charge in [-0.1, -0.05) is 36.4 Å². The second kappa shape index (κ2) is 8.48. The van der Waals surface area contributed by atoms with E-state index in [4.69, 9.17) is 9.72 Å². The molecule has 2 heterocycles. The second-order valence-electron chi connectivity index (χ2n) is 6.11. The third kappa shape index (κ3) is 4.27. The molecule has 4 rings (SSSR count). The molecule has 0 aliphatic heterocycles. The maximum absolute atomic E-state index is 5.23. The Morgan fingerprint density at radius 2 is 1.78 bits per heavy atom. The highest BCUT2D eigenvalue weighted by Crippen LogP contribution is 2.28. The monoisotopic (exact) mass is 392 g/mol. The first-order valence-electron chi connectivity index (χ1n) is 8.74. The van der Waals surface area contributed by atoms with Crippen molar-refractivity contribution in [3.8, 4) is 16.3 Å². The van der Waals surface area contributed by atoms with Crippen LogP contribution in [0.3, 0.4) is 0 Å². The van der Waals surface area contributed by atoms with E-state index in [0.717, 1.165) is 28.6 Å². The summed E-state index contributed by atoms with van der Waals surface area (Å²) in [5.74, 6) is 0.860. The van der Waals surface area contributed by atoms with Crippen LogP contribution in [0.25, 0.3) is 10.6 Å². The molecule has 2 aromatic carbocycles. The van der Waals surface area contributed by atoms with Crippen LogP contribution in [-0.2, 0) is 6.54 Å². The third-order valence-electron chi connectivity index (χ3n) is 4.34. The van der Waals surface area contributed by atoms with E-state index < -0.39 is 0 Å². The molecular formula is C22H20N2OS2. The van der Waals surface area contributed by atoms with Crippen molar-refractivity contribution in [3.05, 3.63) is 93.6 Å². The topological polar surface area (TPSA) is 34.1 Å². The molecule has 136 valence electrons. The van der Waals surface area contributed by atoms with Gasteiger partial charge in [0.2, 0.25) is 0 Å². The molecule has 5 heteroatoms. The second-order valence-corrected chi connectivity index (χ2v) is 7.95. The summed E-state index contributed by atoms with van der Waals surface area (Å²) in [5.41, 5.74) is 3.44. The molecule has 0 aliphatic rings. The van der Waals surface area contributed by atoms with Crippen molar-refractivity contribution in [3.63, 3.8) is 0 Å². The quantitative estimate of drug-likeness (QED) is 0.434. The number of benzene rings is 2. The molecular weight excluding hydrogens is 372 g/mol. The van der Waals surface area contributed by atoms with E-state index >= 15 is 0 Å². The van der Waals surface area contributed by atoms with Crippen molar-refractivity contribution in [1.29, 1.82) is 0 Å². The molecule has 0 aliphatic carbocycles. The standard InChI is InChI=1S/C22H20N2OS2/c1-25-19-11-9-17(10-12-19)22-24-18(15-27-22)14-23-21(20-8-5-13-26-20)16-6-3-2-4-7-16/h2-13,15,21,23H,14H2,1H3/t21-/m0/s1. The van der Waals surface area contributed by atoms with E-state index in [0.29, 0.717) is 0 Å². The summed E-state index contributed by atoms with van der Waals surface area (Å²) in [7, 11) is 1.68. The lowest BCUT2D eigenvalue weighted by Gasteiger charge is -2.17. The van der Waals surface area contributed by atoms with Crippen molar-refractivity contribution < 1.29 is 4.74 Å². The van der Waals surface area contributed by atoms with Crippen LogP contribution in [0, 0.1) is 0 Å². The van der Waals surface area contributed by atoms with Crippen LogP contribution < -0.4 is 10.1 Å². The SMILES string of the molecule is COc1ccc(-c2nc(CN[C@@H](c3ccccc3)c3cccs3)cs2)cc1. The van der Waals surface area contributed by atoms with Crippen molar-refractivity contribution in [2.45, 2.75) is 12.6 Å². The summed E-state index contributed by atoms with van der Waals surface area (Å²) in [6.07, 6.45) is 0. The molecule has 27 heavy (non-hydrogen) atoms. The fourth-order valence-electron chi connectivity index (χ4n) is 2.94. The third-order valence-corrected chi connectivity index (χ3v) is 6.21. The minimum Gasteiger partial charge on any atom is -0.497 e. The van der Waals surface area contributed by atoms with Gasteiger partial charge in [0, 0.05) is 22.4 Å². The highest BCUT2D eigenvalue weighted by atomic mass is 32.1. The van der Waals surface area contributed by atoms with Crippen LogP contribution >= 0.6 is 22.7 Å². The maximum Gasteiger partial charge on any atom is 0.123 e. The average Bonchev–Trinajstić information content (AvgIpc) is 3.42. The number of nitrogens with one attached hydrogen (secondary N) is 1. The largest absolute Gasteiger partial charge is 0.497 e. The Bertz CT molecular complexity index is 963. The minimum atomic E-state index is 0.178. The van der Waals surface area contributed by atoms with E-state index in [1.807, 2.05) is 24.3 Å². The number of thiophene rings is 1. The highest BCUT2D eigenvalue weighted by molar-refractivity contribution is 7.13. The lowest BCUT2D eigenvalue weighted by atomic mass is 10.1. The Hall–Kier alpha value is -2.47. The zero-order valence-electron chi connectivity index (χ0n) is 15.0. The summed E-state index contributed by atoms with van der Waals surface area (Å²) in [6, 6.07) is 23.1. The molecule has 0 unspecified atom stereocenters. The van der Waals surface area contributed by atoms with Crippen molar-refractivity contribution >= 4 is 22.7 Å². The number of thiazole rings is 1. The van der Waals surface area contributed by atoms with Gasteiger partial charge in [0.1, 0.15) is 10.8 Å². The predicted octanol–water partition coefficient (Wildman–Crippen LogP) is 5.76. The van der Waals surface area contributed by atoms with Gasteiger partial charge in [0.15, 0.2) is 0 Å². The fourth-order valence-corrected chi connectivity index (χ4v) is 4.60. The van der Waals surface area contributed by atoms with Gasteiger partial charge in [-0.3, -0.25) is 5.32 Å². The maximum atomic E-state index is 5.23. The van der Waals surface area contributed by atoms with Gasteiger partial charge in [0.25, 0.3) is 0 Å². The van der Waals surface area contributed by atoms with Gasteiger partial charge in [-0.05, 0) is 41.3 Å². The Balaban J connectivity index is 1.49. The molecule has 0 radical (unpaired) electrons. The van der Waals surface area contributed by atoms with Crippen molar-refractivity contribution in [2.24, 2.45) is 0 Å². The molecule has 1 atom stereocenters. The van der Waals surface area contributed by atoms with Crippen LogP contribution in [0.15, 0.2) is 77.5 Å². The van der Waals surface area contributed by atoms with Crippen LogP contribution in [0.5, 0.6) is 5.75 Å². The van der Waals surface area contributed by atoms with E-state index in [9.17, 15) is 0 Å². The molecule has 0 bridgehead atoms. The fraction of sp³-hybridized carbons (Fsp3) is 0.136. The summed E-state index contributed by atoms with van der Waals surface area (Å²) >= 11 is 3.45. The van der Waals surface area contributed by atoms with E-state index in [1.165, 1.54) is 10.4 Å². The van der Waals surface area contributed by atoms with Crippen LogP contribution in [0.2, 0.25) is 0 Å². The van der Waals surface area contributed by atoms with Gasteiger partial charge < -0.3 is 4.74 Å². The Labute approximate surface area is 167 Å². The van der Waals surface area contributed by atoms with Gasteiger partial charge in [-0.25, -0.2) is 4.98 Å². The number of ether oxygens (including phenoxy) is 1. The van der Waals surface area contributed by atoms with Crippen LogP contribution in [0.4, 0.5) is 0 Å². The smallest absolute Gasteiger partial charge is 0.123 e. The molecule has 2 aromatic heterocycles.